The molecule has 10 heteroatoms. The van der Waals surface area contributed by atoms with Gasteiger partial charge in [0.25, 0.3) is 0 Å². The Hall–Kier alpha value is -1.19. The first kappa shape index (κ1) is 21.9. The average molecular weight is 407 g/mol. The molecule has 0 radical (unpaired) electrons. The number of halogens is 2. The van der Waals surface area contributed by atoms with Crippen molar-refractivity contribution in [1.29, 1.82) is 0 Å². The molecule has 0 spiro atoms. The molecule has 1 fully saturated rings. The fraction of sp³-hybridized carbons (Fsp3) is 0.533. The van der Waals surface area contributed by atoms with E-state index in [1.807, 2.05) is 13.0 Å². The zero-order chi connectivity index (χ0) is 16.4. The van der Waals surface area contributed by atoms with Crippen LogP contribution in [-0.4, -0.2) is 28.1 Å². The second-order valence-corrected chi connectivity index (χ2v) is 7.04. The van der Waals surface area contributed by atoms with Gasteiger partial charge in [-0.3, -0.25) is 0 Å². The molecule has 0 unspecified atom stereocenters. The number of nitrogens with zero attached hydrogens (tertiary/aromatic N) is 3. The lowest BCUT2D eigenvalue weighted by atomic mass is 9.78. The number of nitrogens with one attached hydrogen (secondary N) is 1. The Labute approximate surface area is 163 Å². The van der Waals surface area contributed by atoms with Crippen LogP contribution in [0.4, 0.5) is 11.8 Å². The lowest BCUT2D eigenvalue weighted by Crippen LogP contribution is -2.35. The highest BCUT2D eigenvalue weighted by Gasteiger charge is 2.29. The number of aromatic nitrogens is 3. The first-order valence-electron chi connectivity index (χ1n) is 7.63. The van der Waals surface area contributed by atoms with Gasteiger partial charge < -0.3 is 21.5 Å². The second kappa shape index (κ2) is 9.49. The smallest absolute Gasteiger partial charge is 0.222 e. The summed E-state index contributed by atoms with van der Waals surface area (Å²) in [6.07, 6.45) is 1.93. The number of aryl methyl sites for hydroxylation is 1. The van der Waals surface area contributed by atoms with E-state index in [4.69, 9.17) is 16.2 Å². The van der Waals surface area contributed by atoms with Crippen molar-refractivity contribution in [1.82, 2.24) is 15.0 Å². The van der Waals surface area contributed by atoms with E-state index in [1.165, 1.54) is 4.88 Å². The maximum Gasteiger partial charge on any atom is 0.222 e. The molecule has 5 N–H and O–H groups in total. The molecular formula is C15H24Cl2N6OS. The number of anilines is 2. The van der Waals surface area contributed by atoms with Crippen LogP contribution in [0.5, 0.6) is 0 Å². The standard InChI is InChI=1S/C15H22N6OS.2ClH/c1-8-12(23-14(19-8)7-22-2)6-18-13-5-11(20-15(17)21-13)9-3-10(16)4-9;;/h5,9-10H,3-4,6-7,16H2,1-2H3,(H3,17,18,20,21);2*1H. The van der Waals surface area contributed by atoms with Crippen molar-refractivity contribution in [3.63, 3.8) is 0 Å². The molecule has 25 heavy (non-hydrogen) atoms. The summed E-state index contributed by atoms with van der Waals surface area (Å²) in [5.74, 6) is 1.44. The fourth-order valence-electron chi connectivity index (χ4n) is 2.70. The molecule has 0 atom stereocenters. The van der Waals surface area contributed by atoms with Crippen LogP contribution in [0.2, 0.25) is 0 Å². The SMILES string of the molecule is COCc1nc(C)c(CNc2cc(C3CC(N)C3)nc(N)n2)s1.Cl.Cl. The molecule has 7 nitrogen and oxygen atoms in total. The van der Waals surface area contributed by atoms with Crippen LogP contribution in [-0.2, 0) is 17.9 Å². The normalized spacial score (nSPS) is 18.7. The largest absolute Gasteiger partial charge is 0.378 e. The quantitative estimate of drug-likeness (QED) is 0.675. The van der Waals surface area contributed by atoms with Crippen LogP contribution in [0, 0.1) is 6.92 Å². The lowest BCUT2D eigenvalue weighted by Gasteiger charge is -2.32. The molecule has 2 aromatic rings. The van der Waals surface area contributed by atoms with Crippen LogP contribution < -0.4 is 16.8 Å². The van der Waals surface area contributed by atoms with Crippen molar-refractivity contribution in [2.24, 2.45) is 5.73 Å². The van der Waals surface area contributed by atoms with Gasteiger partial charge in [0.05, 0.1) is 24.5 Å². The lowest BCUT2D eigenvalue weighted by molar-refractivity contribution is 0.184. The van der Waals surface area contributed by atoms with E-state index in [2.05, 4.69) is 20.3 Å². The summed E-state index contributed by atoms with van der Waals surface area (Å²) in [6.45, 7) is 3.20. The van der Waals surface area contributed by atoms with Crippen LogP contribution in [0.1, 0.15) is 40.0 Å². The summed E-state index contributed by atoms with van der Waals surface area (Å²) in [6, 6.07) is 2.26. The summed E-state index contributed by atoms with van der Waals surface area (Å²) < 4.78 is 5.12. The minimum atomic E-state index is 0. The van der Waals surface area contributed by atoms with Gasteiger partial charge in [0, 0.05) is 30.0 Å². The summed E-state index contributed by atoms with van der Waals surface area (Å²) in [5.41, 5.74) is 13.7. The van der Waals surface area contributed by atoms with E-state index in [9.17, 15) is 0 Å². The molecule has 1 saturated carbocycles. The van der Waals surface area contributed by atoms with Gasteiger partial charge in [-0.15, -0.1) is 36.2 Å². The molecule has 0 saturated heterocycles. The molecule has 2 aromatic heterocycles. The highest BCUT2D eigenvalue weighted by Crippen LogP contribution is 2.35. The predicted octanol–water partition coefficient (Wildman–Crippen LogP) is 2.63. The molecule has 0 aliphatic heterocycles. The number of methoxy groups -OCH3 is 1. The average Bonchev–Trinajstić information content (AvgIpc) is 2.81. The summed E-state index contributed by atoms with van der Waals surface area (Å²) >= 11 is 1.64. The van der Waals surface area contributed by atoms with Crippen molar-refractivity contribution in [2.45, 2.75) is 44.9 Å². The van der Waals surface area contributed by atoms with Gasteiger partial charge in [-0.25, -0.2) is 9.97 Å². The minimum Gasteiger partial charge on any atom is -0.378 e. The maximum absolute atomic E-state index is 5.85. The third-order valence-corrected chi connectivity index (χ3v) is 5.12. The van der Waals surface area contributed by atoms with Gasteiger partial charge in [-0.1, -0.05) is 0 Å². The monoisotopic (exact) mass is 406 g/mol. The zero-order valence-corrected chi connectivity index (χ0v) is 16.6. The molecule has 0 bridgehead atoms. The van der Waals surface area contributed by atoms with Gasteiger partial charge >= 0.3 is 0 Å². The van der Waals surface area contributed by atoms with Gasteiger partial charge in [0.1, 0.15) is 10.8 Å². The van der Waals surface area contributed by atoms with Crippen LogP contribution in [0.15, 0.2) is 6.07 Å². The van der Waals surface area contributed by atoms with Gasteiger partial charge in [0.2, 0.25) is 5.95 Å². The number of hydrogen-bond donors (Lipinski definition) is 3. The Morgan fingerprint density at radius 2 is 2.00 bits per heavy atom. The molecule has 0 aromatic carbocycles. The predicted molar refractivity (Wildman–Crippen MR) is 106 cm³/mol. The number of nitrogen functional groups attached to an aromatic ring is 1. The highest BCUT2D eigenvalue weighted by atomic mass is 35.5. The molecule has 3 rings (SSSR count). The van der Waals surface area contributed by atoms with Crippen LogP contribution in [0.3, 0.4) is 0 Å². The van der Waals surface area contributed by atoms with Crippen molar-refractivity contribution >= 4 is 47.9 Å². The Balaban J connectivity index is 0.00000156. The summed E-state index contributed by atoms with van der Waals surface area (Å²) in [5, 5.41) is 4.30. The molecule has 140 valence electrons. The van der Waals surface area contributed by atoms with Crippen molar-refractivity contribution in [3.05, 3.63) is 27.3 Å². The molecule has 0 amide bonds. The second-order valence-electron chi connectivity index (χ2n) is 5.87. The topological polar surface area (TPSA) is 112 Å². The van der Waals surface area contributed by atoms with E-state index >= 15 is 0 Å². The van der Waals surface area contributed by atoms with Crippen molar-refractivity contribution in [3.8, 4) is 0 Å². The van der Waals surface area contributed by atoms with Crippen LogP contribution >= 0.6 is 36.2 Å². The number of ether oxygens (including phenoxy) is 1. The van der Waals surface area contributed by atoms with E-state index in [0.717, 1.165) is 35.1 Å². The van der Waals surface area contributed by atoms with E-state index < -0.39 is 0 Å². The Bertz CT molecular complexity index is 693. The first-order valence-corrected chi connectivity index (χ1v) is 8.44. The summed E-state index contributed by atoms with van der Waals surface area (Å²) in [4.78, 5) is 14.3. The third-order valence-electron chi connectivity index (χ3n) is 3.99. The number of rotatable bonds is 6. The minimum absolute atomic E-state index is 0. The zero-order valence-electron chi connectivity index (χ0n) is 14.2. The first-order chi connectivity index (χ1) is 11.0. The molecular weight excluding hydrogens is 383 g/mol. The molecule has 1 aliphatic rings. The molecule has 2 heterocycles. The van der Waals surface area contributed by atoms with Gasteiger partial charge in [-0.05, 0) is 19.8 Å². The van der Waals surface area contributed by atoms with E-state index in [0.29, 0.717) is 25.0 Å². The van der Waals surface area contributed by atoms with Gasteiger partial charge in [0.15, 0.2) is 0 Å². The highest BCUT2D eigenvalue weighted by molar-refractivity contribution is 7.11. The van der Waals surface area contributed by atoms with E-state index in [-0.39, 0.29) is 30.9 Å². The Morgan fingerprint density at radius 3 is 2.64 bits per heavy atom. The summed E-state index contributed by atoms with van der Waals surface area (Å²) in [7, 11) is 1.67. The van der Waals surface area contributed by atoms with E-state index in [1.54, 1.807) is 18.4 Å². The maximum atomic E-state index is 5.85. The Kier molecular flexibility index (Phi) is 8.30. The number of thiazole rings is 1. The van der Waals surface area contributed by atoms with Crippen LogP contribution in [0.25, 0.3) is 0 Å². The van der Waals surface area contributed by atoms with Crippen molar-refractivity contribution < 1.29 is 4.74 Å². The van der Waals surface area contributed by atoms with Crippen molar-refractivity contribution in [2.75, 3.05) is 18.2 Å². The Morgan fingerprint density at radius 1 is 1.28 bits per heavy atom. The number of hydrogen-bond acceptors (Lipinski definition) is 8. The molecule has 1 aliphatic carbocycles. The fourth-order valence-corrected chi connectivity index (χ4v) is 3.68. The third kappa shape index (κ3) is 5.39. The van der Waals surface area contributed by atoms with Gasteiger partial charge in [-0.2, -0.15) is 4.98 Å². The number of nitrogens with two attached hydrogens (primary N) is 2.